The van der Waals surface area contributed by atoms with Gasteiger partial charge in [0, 0.05) is 24.1 Å². The van der Waals surface area contributed by atoms with E-state index in [1.54, 1.807) is 24.3 Å². The number of piperidine rings is 1. The van der Waals surface area contributed by atoms with E-state index in [1.165, 1.54) is 6.42 Å². The van der Waals surface area contributed by atoms with Crippen molar-refractivity contribution in [3.05, 3.63) is 76.1 Å². The minimum absolute atomic E-state index is 0.0704. The number of hydrogen-bond donors (Lipinski definition) is 3. The molecule has 178 valence electrons. The minimum Gasteiger partial charge on any atom is -0.507 e. The van der Waals surface area contributed by atoms with Crippen LogP contribution in [0.25, 0.3) is 11.0 Å². The average Bonchev–Trinajstić information content (AvgIpc) is 2.85. The van der Waals surface area contributed by atoms with Gasteiger partial charge in [-0.3, -0.25) is 0 Å². The molecule has 0 radical (unpaired) electrons. The lowest BCUT2D eigenvalue weighted by Gasteiger charge is -2.34. The van der Waals surface area contributed by atoms with E-state index in [0.29, 0.717) is 23.2 Å². The first-order chi connectivity index (χ1) is 16.5. The molecule has 8 heteroatoms. The van der Waals surface area contributed by atoms with Crippen LogP contribution < -0.4 is 17.1 Å². The van der Waals surface area contributed by atoms with E-state index < -0.39 is 11.5 Å². The number of likely N-dealkylation sites (tertiary alicyclic amines) is 1. The van der Waals surface area contributed by atoms with Crippen molar-refractivity contribution in [2.45, 2.75) is 32.1 Å². The molecule has 2 aromatic carbocycles. The van der Waals surface area contributed by atoms with Crippen molar-refractivity contribution < 1.29 is 9.52 Å². The van der Waals surface area contributed by atoms with E-state index in [4.69, 9.17) is 15.9 Å². The SMILES string of the molecule is C/C(=N\N=C(N)N)[C@@H](CN1CCCCC1)[C@@H](c1ccccc1)c1c(O)c2ccccc2oc1=O. The van der Waals surface area contributed by atoms with Crippen LogP contribution in [0, 0.1) is 5.92 Å². The van der Waals surface area contributed by atoms with E-state index in [0.717, 1.165) is 31.5 Å². The highest BCUT2D eigenvalue weighted by Gasteiger charge is 2.35. The van der Waals surface area contributed by atoms with Crippen molar-refractivity contribution in [1.29, 1.82) is 0 Å². The molecule has 0 aliphatic carbocycles. The Balaban J connectivity index is 1.92. The molecule has 3 aromatic rings. The van der Waals surface area contributed by atoms with E-state index in [9.17, 15) is 9.90 Å². The standard InChI is InChI=1S/C26H31N5O3/c1-17(29-30-26(27)28)20(16-31-14-8-3-9-15-31)22(18-10-4-2-5-11-18)23-24(32)19-12-6-7-13-21(19)34-25(23)33/h2,4-7,10-13,20,22,32H,3,8-9,14-16H2,1H3,(H4,27,28,30)/b29-17+/t20-,22-/m1/s1. The lowest BCUT2D eigenvalue weighted by molar-refractivity contribution is 0.207. The fourth-order valence-electron chi connectivity index (χ4n) is 4.79. The number of rotatable bonds is 7. The summed E-state index contributed by atoms with van der Waals surface area (Å²) < 4.78 is 5.66. The molecule has 1 fully saturated rings. The van der Waals surface area contributed by atoms with Crippen molar-refractivity contribution in [1.82, 2.24) is 4.90 Å². The predicted molar refractivity (Wildman–Crippen MR) is 135 cm³/mol. The van der Waals surface area contributed by atoms with Crippen LogP contribution in [0.1, 0.15) is 43.2 Å². The summed E-state index contributed by atoms with van der Waals surface area (Å²) in [5.74, 6) is -1.00. The van der Waals surface area contributed by atoms with Gasteiger partial charge < -0.3 is 25.9 Å². The monoisotopic (exact) mass is 461 g/mol. The summed E-state index contributed by atoms with van der Waals surface area (Å²) in [7, 11) is 0. The Morgan fingerprint density at radius 1 is 1.03 bits per heavy atom. The Morgan fingerprint density at radius 3 is 2.41 bits per heavy atom. The molecule has 1 aliphatic heterocycles. The van der Waals surface area contributed by atoms with Gasteiger partial charge in [-0.1, -0.05) is 48.9 Å². The van der Waals surface area contributed by atoms with Crippen LogP contribution in [0.2, 0.25) is 0 Å². The molecular weight excluding hydrogens is 430 g/mol. The van der Waals surface area contributed by atoms with Crippen LogP contribution in [-0.4, -0.2) is 41.3 Å². The fraction of sp³-hybridized carbons (Fsp3) is 0.346. The van der Waals surface area contributed by atoms with Gasteiger partial charge in [0.1, 0.15) is 11.3 Å². The summed E-state index contributed by atoms with van der Waals surface area (Å²) in [4.78, 5) is 15.7. The number of fused-ring (bicyclic) bond motifs is 1. The first-order valence-corrected chi connectivity index (χ1v) is 11.6. The number of hydrogen-bond acceptors (Lipinski definition) is 6. The highest BCUT2D eigenvalue weighted by molar-refractivity contribution is 5.89. The van der Waals surface area contributed by atoms with Gasteiger partial charge in [-0.2, -0.15) is 5.10 Å². The van der Waals surface area contributed by atoms with Crippen molar-refractivity contribution in [3.8, 4) is 5.75 Å². The topological polar surface area (TPSA) is 130 Å². The maximum atomic E-state index is 13.3. The van der Waals surface area contributed by atoms with Gasteiger partial charge in [0.05, 0.1) is 10.9 Å². The summed E-state index contributed by atoms with van der Waals surface area (Å²) in [5.41, 5.74) is 12.6. The first kappa shape index (κ1) is 23.5. The van der Waals surface area contributed by atoms with Gasteiger partial charge >= 0.3 is 5.63 Å². The zero-order valence-corrected chi connectivity index (χ0v) is 19.4. The molecule has 5 N–H and O–H groups in total. The lowest BCUT2D eigenvalue weighted by Crippen LogP contribution is -2.40. The maximum absolute atomic E-state index is 13.3. The van der Waals surface area contributed by atoms with Crippen molar-refractivity contribution in [3.63, 3.8) is 0 Å². The second kappa shape index (κ2) is 10.5. The quantitative estimate of drug-likeness (QED) is 0.214. The van der Waals surface area contributed by atoms with Gasteiger partial charge in [-0.05, 0) is 50.6 Å². The minimum atomic E-state index is -0.566. The van der Waals surface area contributed by atoms with Gasteiger partial charge in [-0.15, -0.1) is 5.10 Å². The Morgan fingerprint density at radius 2 is 1.71 bits per heavy atom. The molecular formula is C26H31N5O3. The normalized spacial score (nSPS) is 16.8. The summed E-state index contributed by atoms with van der Waals surface area (Å²) in [6.07, 6.45) is 3.45. The van der Waals surface area contributed by atoms with Crippen molar-refractivity contribution in [2.75, 3.05) is 19.6 Å². The lowest BCUT2D eigenvalue weighted by atomic mass is 9.78. The van der Waals surface area contributed by atoms with Crippen molar-refractivity contribution in [2.24, 2.45) is 27.6 Å². The number of nitrogens with zero attached hydrogens (tertiary/aromatic N) is 3. The van der Waals surface area contributed by atoms with Gasteiger partial charge in [-0.25, -0.2) is 4.79 Å². The van der Waals surface area contributed by atoms with E-state index in [-0.39, 0.29) is 23.2 Å². The van der Waals surface area contributed by atoms with Gasteiger partial charge in [0.2, 0.25) is 5.96 Å². The van der Waals surface area contributed by atoms with Crippen LogP contribution in [0.15, 0.2) is 74.0 Å². The Kier molecular flexibility index (Phi) is 7.27. The Hall–Kier alpha value is -3.65. The van der Waals surface area contributed by atoms with E-state index >= 15 is 0 Å². The Labute approximate surface area is 198 Å². The maximum Gasteiger partial charge on any atom is 0.343 e. The fourth-order valence-corrected chi connectivity index (χ4v) is 4.79. The second-order valence-electron chi connectivity index (χ2n) is 8.77. The summed E-state index contributed by atoms with van der Waals surface area (Å²) in [6, 6.07) is 16.7. The number of benzene rings is 2. The number of nitrogens with two attached hydrogens (primary N) is 2. The highest BCUT2D eigenvalue weighted by Crippen LogP contribution is 2.39. The molecule has 0 bridgehead atoms. The largest absolute Gasteiger partial charge is 0.507 e. The molecule has 1 aliphatic rings. The van der Waals surface area contributed by atoms with Crippen LogP contribution in [-0.2, 0) is 0 Å². The first-order valence-electron chi connectivity index (χ1n) is 11.6. The van der Waals surface area contributed by atoms with E-state index in [1.807, 2.05) is 37.3 Å². The van der Waals surface area contributed by atoms with Crippen LogP contribution in [0.4, 0.5) is 0 Å². The van der Waals surface area contributed by atoms with Gasteiger partial charge in [0.15, 0.2) is 0 Å². The number of aromatic hydroxyl groups is 1. The summed E-state index contributed by atoms with van der Waals surface area (Å²) in [6.45, 7) is 4.43. The molecule has 4 rings (SSSR count). The molecule has 0 amide bonds. The van der Waals surface area contributed by atoms with Crippen LogP contribution >= 0.6 is 0 Å². The van der Waals surface area contributed by atoms with E-state index in [2.05, 4.69) is 15.1 Å². The molecule has 8 nitrogen and oxygen atoms in total. The number of guanidine groups is 1. The van der Waals surface area contributed by atoms with Gasteiger partial charge in [0.25, 0.3) is 0 Å². The molecule has 2 heterocycles. The third-order valence-electron chi connectivity index (χ3n) is 6.46. The molecule has 0 spiro atoms. The van der Waals surface area contributed by atoms with Crippen LogP contribution in [0.3, 0.4) is 0 Å². The summed E-state index contributed by atoms with van der Waals surface area (Å²) in [5, 5.41) is 20.0. The predicted octanol–water partition coefficient (Wildman–Crippen LogP) is 3.38. The molecule has 1 saturated heterocycles. The molecule has 1 aromatic heterocycles. The molecule has 2 atom stereocenters. The Bertz CT molecular complexity index is 1240. The summed E-state index contributed by atoms with van der Waals surface area (Å²) >= 11 is 0. The zero-order chi connectivity index (χ0) is 24.1. The van der Waals surface area contributed by atoms with Crippen molar-refractivity contribution >= 4 is 22.6 Å². The average molecular weight is 462 g/mol. The molecule has 34 heavy (non-hydrogen) atoms. The number of para-hydroxylation sites is 1. The molecule has 0 saturated carbocycles. The third-order valence-corrected chi connectivity index (χ3v) is 6.46. The highest BCUT2D eigenvalue weighted by atomic mass is 16.4. The van der Waals surface area contributed by atoms with Crippen LogP contribution in [0.5, 0.6) is 5.75 Å². The smallest absolute Gasteiger partial charge is 0.343 e. The second-order valence-corrected chi connectivity index (χ2v) is 8.77. The molecule has 0 unspecified atom stereocenters. The third kappa shape index (κ3) is 5.12. The zero-order valence-electron chi connectivity index (χ0n) is 19.4.